The SMILES string of the molecule is CCOC(=O)Cc1c(OC(F)(F)F)cc(OC)nc1CCl. The minimum absolute atomic E-state index is 0.0586. The van der Waals surface area contributed by atoms with Gasteiger partial charge in [-0.25, -0.2) is 4.98 Å². The predicted octanol–water partition coefficient (Wildman–Crippen LogP) is 2.83. The number of carbonyl (C=O) groups is 1. The van der Waals surface area contributed by atoms with Crippen molar-refractivity contribution in [1.29, 1.82) is 0 Å². The van der Waals surface area contributed by atoms with Crippen LogP contribution in [-0.2, 0) is 21.8 Å². The largest absolute Gasteiger partial charge is 0.573 e. The zero-order chi connectivity index (χ0) is 16.0. The number of hydrogen-bond acceptors (Lipinski definition) is 5. The average Bonchev–Trinajstić information content (AvgIpc) is 2.39. The number of nitrogens with zero attached hydrogens (tertiary/aromatic N) is 1. The lowest BCUT2D eigenvalue weighted by molar-refractivity contribution is -0.275. The predicted molar refractivity (Wildman–Crippen MR) is 67.4 cm³/mol. The molecule has 0 saturated carbocycles. The molecule has 0 aromatic carbocycles. The number of aromatic nitrogens is 1. The third-order valence-electron chi connectivity index (χ3n) is 2.33. The summed E-state index contributed by atoms with van der Waals surface area (Å²) in [6.07, 6.45) is -5.35. The van der Waals surface area contributed by atoms with E-state index in [1.807, 2.05) is 0 Å². The molecule has 118 valence electrons. The van der Waals surface area contributed by atoms with Gasteiger partial charge in [0.2, 0.25) is 5.88 Å². The molecular formula is C12H13ClF3NO4. The quantitative estimate of drug-likeness (QED) is 0.594. The molecule has 1 aromatic heterocycles. The second-order valence-corrected chi connectivity index (χ2v) is 4.02. The first-order chi connectivity index (χ1) is 9.80. The van der Waals surface area contributed by atoms with Gasteiger partial charge in [0.05, 0.1) is 31.7 Å². The first-order valence-electron chi connectivity index (χ1n) is 5.84. The van der Waals surface area contributed by atoms with E-state index >= 15 is 0 Å². The molecule has 1 rings (SSSR count). The van der Waals surface area contributed by atoms with E-state index in [4.69, 9.17) is 21.1 Å². The molecule has 0 aliphatic carbocycles. The minimum Gasteiger partial charge on any atom is -0.481 e. The van der Waals surface area contributed by atoms with Crippen molar-refractivity contribution < 1.29 is 32.2 Å². The van der Waals surface area contributed by atoms with Crippen molar-refractivity contribution in [2.45, 2.75) is 25.6 Å². The number of pyridine rings is 1. The fourth-order valence-corrected chi connectivity index (χ4v) is 1.77. The fraction of sp³-hybridized carbons (Fsp3) is 0.500. The zero-order valence-electron chi connectivity index (χ0n) is 11.3. The van der Waals surface area contributed by atoms with E-state index in [-0.39, 0.29) is 29.6 Å². The van der Waals surface area contributed by atoms with Gasteiger partial charge in [0.1, 0.15) is 5.75 Å². The molecule has 0 radical (unpaired) electrons. The van der Waals surface area contributed by atoms with E-state index < -0.39 is 24.5 Å². The molecule has 1 heterocycles. The van der Waals surface area contributed by atoms with E-state index in [1.54, 1.807) is 6.92 Å². The molecule has 0 spiro atoms. The molecule has 0 unspecified atom stereocenters. The Morgan fingerprint density at radius 3 is 2.57 bits per heavy atom. The summed E-state index contributed by atoms with van der Waals surface area (Å²) in [5.74, 6) is -1.60. The fourth-order valence-electron chi connectivity index (χ4n) is 1.55. The van der Waals surface area contributed by atoms with Crippen LogP contribution in [0.3, 0.4) is 0 Å². The Bertz CT molecular complexity index is 508. The summed E-state index contributed by atoms with van der Waals surface area (Å²) >= 11 is 5.66. The molecule has 0 atom stereocenters. The highest BCUT2D eigenvalue weighted by molar-refractivity contribution is 6.17. The van der Waals surface area contributed by atoms with Crippen molar-refractivity contribution in [3.8, 4) is 11.6 Å². The number of carbonyl (C=O) groups excluding carboxylic acids is 1. The van der Waals surface area contributed by atoms with Crippen molar-refractivity contribution in [3.63, 3.8) is 0 Å². The molecule has 5 nitrogen and oxygen atoms in total. The van der Waals surface area contributed by atoms with Crippen molar-refractivity contribution in [1.82, 2.24) is 4.98 Å². The molecule has 0 aliphatic rings. The van der Waals surface area contributed by atoms with Gasteiger partial charge in [0.15, 0.2) is 0 Å². The van der Waals surface area contributed by atoms with Crippen LogP contribution in [0.25, 0.3) is 0 Å². The summed E-state index contributed by atoms with van der Waals surface area (Å²) in [5, 5.41) is 0. The van der Waals surface area contributed by atoms with Crippen LogP contribution in [0.1, 0.15) is 18.2 Å². The van der Waals surface area contributed by atoms with Gasteiger partial charge in [-0.05, 0) is 6.92 Å². The molecule has 0 aliphatic heterocycles. The van der Waals surface area contributed by atoms with Gasteiger partial charge in [0.25, 0.3) is 0 Å². The highest BCUT2D eigenvalue weighted by atomic mass is 35.5. The molecular weight excluding hydrogens is 315 g/mol. The maximum atomic E-state index is 12.4. The average molecular weight is 328 g/mol. The Balaban J connectivity index is 3.24. The smallest absolute Gasteiger partial charge is 0.481 e. The van der Waals surface area contributed by atoms with Crippen LogP contribution in [0.5, 0.6) is 11.6 Å². The highest BCUT2D eigenvalue weighted by Crippen LogP contribution is 2.32. The summed E-state index contributed by atoms with van der Waals surface area (Å²) in [5.41, 5.74) is -0.0232. The van der Waals surface area contributed by atoms with E-state index in [1.165, 1.54) is 7.11 Å². The zero-order valence-corrected chi connectivity index (χ0v) is 12.0. The van der Waals surface area contributed by atoms with Crippen molar-refractivity contribution in [2.24, 2.45) is 0 Å². The van der Waals surface area contributed by atoms with Crippen molar-refractivity contribution in [2.75, 3.05) is 13.7 Å². The van der Waals surface area contributed by atoms with Crippen LogP contribution < -0.4 is 9.47 Å². The van der Waals surface area contributed by atoms with Crippen LogP contribution in [0.2, 0.25) is 0 Å². The molecule has 21 heavy (non-hydrogen) atoms. The number of ether oxygens (including phenoxy) is 3. The van der Waals surface area contributed by atoms with Crippen LogP contribution in [-0.4, -0.2) is 31.0 Å². The van der Waals surface area contributed by atoms with Crippen molar-refractivity contribution in [3.05, 3.63) is 17.3 Å². The Labute approximate surface area is 124 Å². The van der Waals surface area contributed by atoms with Gasteiger partial charge < -0.3 is 14.2 Å². The number of methoxy groups -OCH3 is 1. The third-order valence-corrected chi connectivity index (χ3v) is 2.59. The van der Waals surface area contributed by atoms with Gasteiger partial charge in [0, 0.05) is 11.6 Å². The number of alkyl halides is 4. The third kappa shape index (κ3) is 5.30. The molecule has 0 saturated heterocycles. The number of esters is 1. The first kappa shape index (κ1) is 17.4. The monoisotopic (exact) mass is 327 g/mol. The van der Waals surface area contributed by atoms with Gasteiger partial charge >= 0.3 is 12.3 Å². The van der Waals surface area contributed by atoms with E-state index in [0.717, 1.165) is 6.07 Å². The van der Waals surface area contributed by atoms with Crippen molar-refractivity contribution >= 4 is 17.6 Å². The summed E-state index contributed by atoms with van der Waals surface area (Å²) in [7, 11) is 1.24. The van der Waals surface area contributed by atoms with E-state index in [0.29, 0.717) is 0 Å². The standard InChI is InChI=1S/C12H13ClF3NO4/c1-3-20-11(18)4-7-8(6-13)17-10(19-2)5-9(7)21-12(14,15)16/h5H,3-4,6H2,1-2H3. The number of halogens is 4. The molecule has 9 heteroatoms. The van der Waals surface area contributed by atoms with Gasteiger partial charge in [-0.1, -0.05) is 0 Å². The molecule has 0 fully saturated rings. The summed E-state index contributed by atoms with van der Waals surface area (Å²) < 4.78 is 50.7. The minimum atomic E-state index is -4.92. The van der Waals surface area contributed by atoms with Gasteiger partial charge in [-0.15, -0.1) is 24.8 Å². The molecule has 0 N–H and O–H groups in total. The van der Waals surface area contributed by atoms with Crippen LogP contribution in [0.4, 0.5) is 13.2 Å². The highest BCUT2D eigenvalue weighted by Gasteiger charge is 2.33. The van der Waals surface area contributed by atoms with Crippen LogP contribution in [0, 0.1) is 0 Å². The Kier molecular flexibility index (Phi) is 6.07. The Hall–Kier alpha value is -1.70. The van der Waals surface area contributed by atoms with Gasteiger partial charge in [-0.3, -0.25) is 4.79 Å². The van der Waals surface area contributed by atoms with E-state index in [9.17, 15) is 18.0 Å². The second kappa shape index (κ2) is 7.35. The Morgan fingerprint density at radius 1 is 1.43 bits per heavy atom. The maximum absolute atomic E-state index is 12.4. The lowest BCUT2D eigenvalue weighted by atomic mass is 10.1. The summed E-state index contributed by atoms with van der Waals surface area (Å²) in [6, 6.07) is 0.943. The first-order valence-corrected chi connectivity index (χ1v) is 6.38. The molecule has 0 amide bonds. The second-order valence-electron chi connectivity index (χ2n) is 3.75. The lowest BCUT2D eigenvalue weighted by Crippen LogP contribution is -2.20. The maximum Gasteiger partial charge on any atom is 0.573 e. The topological polar surface area (TPSA) is 57.7 Å². The van der Waals surface area contributed by atoms with Crippen LogP contribution >= 0.6 is 11.6 Å². The van der Waals surface area contributed by atoms with Crippen LogP contribution in [0.15, 0.2) is 6.07 Å². The summed E-state index contributed by atoms with van der Waals surface area (Å²) in [6.45, 7) is 1.69. The molecule has 0 bridgehead atoms. The number of hydrogen-bond donors (Lipinski definition) is 0. The summed E-state index contributed by atoms with van der Waals surface area (Å²) in [4.78, 5) is 15.4. The normalized spacial score (nSPS) is 11.1. The van der Waals surface area contributed by atoms with Gasteiger partial charge in [-0.2, -0.15) is 0 Å². The number of rotatable bonds is 6. The molecule has 1 aromatic rings. The lowest BCUT2D eigenvalue weighted by Gasteiger charge is -2.16. The Morgan fingerprint density at radius 2 is 2.10 bits per heavy atom. The van der Waals surface area contributed by atoms with E-state index in [2.05, 4.69) is 9.72 Å².